The van der Waals surface area contributed by atoms with Gasteiger partial charge in [-0.1, -0.05) is 24.6 Å². The Labute approximate surface area is 161 Å². The highest BCUT2D eigenvalue weighted by atomic mass is 32.1. The molecule has 3 aromatic rings. The zero-order valence-corrected chi connectivity index (χ0v) is 15.7. The van der Waals surface area contributed by atoms with E-state index in [4.69, 9.17) is 4.74 Å². The Morgan fingerprint density at radius 1 is 1.22 bits per heavy atom. The van der Waals surface area contributed by atoms with Crippen molar-refractivity contribution >= 4 is 23.0 Å². The Hall–Kier alpha value is -2.98. The molecule has 0 N–H and O–H groups in total. The monoisotopic (exact) mass is 377 g/mol. The Morgan fingerprint density at radius 3 is 2.96 bits per heavy atom. The minimum Gasteiger partial charge on any atom is -0.486 e. The van der Waals surface area contributed by atoms with Gasteiger partial charge in [0.05, 0.1) is 11.3 Å². The van der Waals surface area contributed by atoms with Crippen molar-refractivity contribution in [2.24, 2.45) is 0 Å². The van der Waals surface area contributed by atoms with Crippen molar-refractivity contribution in [2.45, 2.75) is 38.8 Å². The van der Waals surface area contributed by atoms with Gasteiger partial charge in [0.25, 0.3) is 0 Å². The van der Waals surface area contributed by atoms with Crippen LogP contribution in [0, 0.1) is 11.3 Å². The van der Waals surface area contributed by atoms with Gasteiger partial charge in [0.15, 0.2) is 5.82 Å². The number of allylic oxidation sites excluding steroid dienone is 1. The van der Waals surface area contributed by atoms with Crippen LogP contribution < -0.4 is 4.74 Å². The normalized spacial score (nSPS) is 14.3. The maximum atomic E-state index is 9.64. The molecule has 4 rings (SSSR count). The van der Waals surface area contributed by atoms with Crippen LogP contribution in [0.1, 0.15) is 41.6 Å². The summed E-state index contributed by atoms with van der Waals surface area (Å²) >= 11 is 1.52. The summed E-state index contributed by atoms with van der Waals surface area (Å²) in [5.41, 5.74) is 1.24. The van der Waals surface area contributed by atoms with Crippen LogP contribution in [0.3, 0.4) is 0 Å². The van der Waals surface area contributed by atoms with E-state index in [1.165, 1.54) is 17.8 Å². The van der Waals surface area contributed by atoms with E-state index in [0.717, 1.165) is 48.1 Å². The summed E-state index contributed by atoms with van der Waals surface area (Å²) in [4.78, 5) is 4.56. The number of fused-ring (bicyclic) bond motifs is 1. The fourth-order valence-corrected chi connectivity index (χ4v) is 3.76. The molecule has 1 aliphatic rings. The topological polar surface area (TPSA) is 76.6 Å². The third kappa shape index (κ3) is 4.07. The van der Waals surface area contributed by atoms with Crippen molar-refractivity contribution in [1.29, 1.82) is 5.26 Å². The lowest BCUT2D eigenvalue weighted by molar-refractivity contribution is 0.305. The van der Waals surface area contributed by atoms with E-state index < -0.39 is 0 Å². The molecule has 6 nitrogen and oxygen atoms in total. The average Bonchev–Trinajstić information content (AvgIpc) is 3.25. The summed E-state index contributed by atoms with van der Waals surface area (Å²) in [6, 6.07) is 11.9. The second-order valence-electron chi connectivity index (χ2n) is 6.34. The van der Waals surface area contributed by atoms with Crippen LogP contribution in [0.2, 0.25) is 0 Å². The molecule has 0 saturated carbocycles. The number of nitriles is 1. The van der Waals surface area contributed by atoms with E-state index in [0.29, 0.717) is 18.0 Å². The fraction of sp³-hybridized carbons (Fsp3) is 0.300. The van der Waals surface area contributed by atoms with E-state index >= 15 is 0 Å². The van der Waals surface area contributed by atoms with Crippen molar-refractivity contribution in [3.8, 4) is 11.8 Å². The van der Waals surface area contributed by atoms with E-state index in [9.17, 15) is 5.26 Å². The number of hydrogen-bond donors (Lipinski definition) is 0. The van der Waals surface area contributed by atoms with E-state index in [1.54, 1.807) is 6.08 Å². The number of benzene rings is 1. The van der Waals surface area contributed by atoms with Gasteiger partial charge in [-0.25, -0.2) is 4.98 Å². The summed E-state index contributed by atoms with van der Waals surface area (Å²) in [5.74, 6) is 2.43. The predicted octanol–water partition coefficient (Wildman–Crippen LogP) is 4.10. The molecule has 0 atom stereocenters. The summed E-state index contributed by atoms with van der Waals surface area (Å²) in [7, 11) is 0. The lowest BCUT2D eigenvalue weighted by atomic mass is 10.2. The third-order valence-electron chi connectivity index (χ3n) is 4.44. The van der Waals surface area contributed by atoms with Gasteiger partial charge in [-0.15, -0.1) is 21.5 Å². The van der Waals surface area contributed by atoms with Crippen molar-refractivity contribution < 1.29 is 4.74 Å². The van der Waals surface area contributed by atoms with Crippen LogP contribution in [-0.4, -0.2) is 19.7 Å². The molecule has 0 radical (unpaired) electrons. The minimum absolute atomic E-state index is 0.407. The maximum absolute atomic E-state index is 9.64. The first-order chi connectivity index (χ1) is 13.3. The number of ether oxygens (including phenoxy) is 1. The first-order valence-electron chi connectivity index (χ1n) is 9.00. The number of aryl methyl sites for hydroxylation is 1. The highest BCUT2D eigenvalue weighted by Crippen LogP contribution is 2.22. The van der Waals surface area contributed by atoms with E-state index in [2.05, 4.69) is 25.8 Å². The third-order valence-corrected chi connectivity index (χ3v) is 5.28. The molecule has 136 valence electrons. The molecule has 0 fully saturated rings. The maximum Gasteiger partial charge on any atom is 0.174 e. The fourth-order valence-electron chi connectivity index (χ4n) is 3.10. The van der Waals surface area contributed by atoms with Crippen LogP contribution >= 0.6 is 11.3 Å². The largest absolute Gasteiger partial charge is 0.486 e. The van der Waals surface area contributed by atoms with Crippen molar-refractivity contribution in [3.05, 3.63) is 58.1 Å². The molecule has 2 aromatic heterocycles. The van der Waals surface area contributed by atoms with Gasteiger partial charge in [-0.3, -0.25) is 0 Å². The number of thiazole rings is 1. The van der Waals surface area contributed by atoms with Crippen LogP contribution in [-0.2, 0) is 19.6 Å². The predicted molar refractivity (Wildman–Crippen MR) is 104 cm³/mol. The van der Waals surface area contributed by atoms with Gasteiger partial charge in [0, 0.05) is 18.3 Å². The highest BCUT2D eigenvalue weighted by molar-refractivity contribution is 7.09. The summed E-state index contributed by atoms with van der Waals surface area (Å²) in [5, 5.41) is 21.0. The van der Waals surface area contributed by atoms with Crippen molar-refractivity contribution in [2.75, 3.05) is 0 Å². The number of nitrogens with zero attached hydrogens (tertiary/aromatic N) is 5. The molecule has 7 heteroatoms. The molecule has 1 aromatic carbocycles. The molecular weight excluding hydrogens is 358 g/mol. The molecule has 0 amide bonds. The zero-order chi connectivity index (χ0) is 18.5. The summed E-state index contributed by atoms with van der Waals surface area (Å²) in [6.07, 6.45) is 6.11. The lowest BCUT2D eigenvalue weighted by Crippen LogP contribution is -2.05. The number of aromatic nitrogens is 4. The first-order valence-corrected chi connectivity index (χ1v) is 9.88. The highest BCUT2D eigenvalue weighted by Gasteiger charge is 2.18. The van der Waals surface area contributed by atoms with Gasteiger partial charge in [0.1, 0.15) is 29.3 Å². The molecule has 27 heavy (non-hydrogen) atoms. The van der Waals surface area contributed by atoms with Crippen molar-refractivity contribution in [1.82, 2.24) is 19.7 Å². The summed E-state index contributed by atoms with van der Waals surface area (Å²) < 4.78 is 7.81. The number of hydrogen-bond acceptors (Lipinski definition) is 6. The van der Waals surface area contributed by atoms with Crippen LogP contribution in [0.5, 0.6) is 5.75 Å². The zero-order valence-electron chi connectivity index (χ0n) is 14.8. The molecule has 0 spiro atoms. The Morgan fingerprint density at radius 2 is 2.11 bits per heavy atom. The Balaban J connectivity index is 1.51. The smallest absolute Gasteiger partial charge is 0.174 e. The van der Waals surface area contributed by atoms with Crippen LogP contribution in [0.4, 0.5) is 0 Å². The lowest BCUT2D eigenvalue weighted by Gasteiger charge is -2.05. The molecule has 0 saturated heterocycles. The molecule has 1 aliphatic heterocycles. The standard InChI is InChI=1S/C20H19N5OS/c21-12-15(20-24-23-18-9-5-2-6-10-25(18)20)11-16-14-27-19(22-16)13-26-17-7-3-1-4-8-17/h1,3-4,7-8,11,14H,2,5-6,9-10,13H2/b15-11-. The van der Waals surface area contributed by atoms with E-state index in [1.807, 2.05) is 35.7 Å². The van der Waals surface area contributed by atoms with Gasteiger partial charge in [0.2, 0.25) is 0 Å². The average molecular weight is 377 g/mol. The second kappa shape index (κ2) is 8.14. The number of para-hydroxylation sites is 1. The summed E-state index contributed by atoms with van der Waals surface area (Å²) in [6.45, 7) is 1.27. The minimum atomic E-state index is 0.407. The van der Waals surface area contributed by atoms with Crippen LogP contribution in [0.15, 0.2) is 35.7 Å². The Kier molecular flexibility index (Phi) is 5.26. The van der Waals surface area contributed by atoms with Gasteiger partial charge in [-0.05, 0) is 31.1 Å². The molecule has 3 heterocycles. The number of rotatable bonds is 5. The SMILES string of the molecule is N#C/C(=C/c1csc(COc2ccccc2)n1)c1nnc2n1CCCCC2. The van der Waals surface area contributed by atoms with Gasteiger partial charge >= 0.3 is 0 Å². The molecular formula is C20H19N5OS. The quantitative estimate of drug-likeness (QED) is 0.626. The van der Waals surface area contributed by atoms with Crippen LogP contribution in [0.25, 0.3) is 11.6 Å². The van der Waals surface area contributed by atoms with Gasteiger partial charge in [-0.2, -0.15) is 5.26 Å². The Bertz CT molecular complexity index is 983. The molecule has 0 bridgehead atoms. The van der Waals surface area contributed by atoms with Gasteiger partial charge < -0.3 is 9.30 Å². The molecule has 0 aliphatic carbocycles. The van der Waals surface area contributed by atoms with Crippen molar-refractivity contribution in [3.63, 3.8) is 0 Å². The second-order valence-corrected chi connectivity index (χ2v) is 7.28. The van der Waals surface area contributed by atoms with E-state index in [-0.39, 0.29) is 0 Å². The first kappa shape index (κ1) is 17.4. The molecule has 0 unspecified atom stereocenters.